The van der Waals surface area contributed by atoms with Crippen LogP contribution in [-0.4, -0.2) is 56.8 Å². The van der Waals surface area contributed by atoms with Crippen LogP contribution in [0, 0.1) is 57.2 Å². The number of fused-ring (bicyclic) bond motifs is 5. The Bertz CT molecular complexity index is 1380. The first-order chi connectivity index (χ1) is 22.8. The van der Waals surface area contributed by atoms with E-state index in [4.69, 9.17) is 20.3 Å². The van der Waals surface area contributed by atoms with Gasteiger partial charge in [0.2, 0.25) is 0 Å². The summed E-state index contributed by atoms with van der Waals surface area (Å²) in [5, 5.41) is 15.9. The van der Waals surface area contributed by atoms with Crippen molar-refractivity contribution >= 4 is 21.9 Å². The predicted octanol–water partition coefficient (Wildman–Crippen LogP) is 9.10. The highest BCUT2D eigenvalue weighted by Gasteiger charge is 2.69. The van der Waals surface area contributed by atoms with Crippen LogP contribution in [0.2, 0.25) is 0 Å². The summed E-state index contributed by atoms with van der Waals surface area (Å²) in [6.07, 6.45) is 11.7. The van der Waals surface area contributed by atoms with Gasteiger partial charge in [-0.2, -0.15) is 5.10 Å². The Morgan fingerprint density at radius 3 is 2.43 bits per heavy atom. The van der Waals surface area contributed by atoms with Gasteiger partial charge in [-0.3, -0.25) is 4.79 Å². The molecule has 0 bridgehead atoms. The van der Waals surface area contributed by atoms with Crippen molar-refractivity contribution in [3.05, 3.63) is 22.7 Å². The maximum atomic E-state index is 13.5. The van der Waals surface area contributed by atoms with Gasteiger partial charge < -0.3 is 20.3 Å². The van der Waals surface area contributed by atoms with E-state index in [9.17, 15) is 9.90 Å². The fourth-order valence-corrected chi connectivity index (χ4v) is 11.9. The van der Waals surface area contributed by atoms with Gasteiger partial charge >= 0.3 is 5.97 Å². The second kappa shape index (κ2) is 13.9. The molecule has 3 fully saturated rings. The lowest BCUT2D eigenvalue weighted by Crippen LogP contribution is -2.65. The number of allylic oxidation sites excluding steroid dienone is 1. The molecule has 0 radical (unpaired) electrons. The second-order valence-corrected chi connectivity index (χ2v) is 19.0. The molecule has 2 saturated carbocycles. The van der Waals surface area contributed by atoms with Gasteiger partial charge in [-0.15, -0.1) is 0 Å². The number of nitrogens with two attached hydrogens (primary N) is 1. The zero-order valence-electron chi connectivity index (χ0n) is 32.4. The Kier molecular flexibility index (Phi) is 11.1. The normalized spacial score (nSPS) is 39.3. The molecular formula is C40H67BrN4O4. The molecule has 12 atom stereocenters. The van der Waals surface area contributed by atoms with E-state index in [1.54, 1.807) is 6.33 Å². The Hall–Kier alpha value is -1.29. The molecule has 0 unspecified atom stereocenters. The van der Waals surface area contributed by atoms with Crippen LogP contribution >= 0.6 is 15.9 Å². The van der Waals surface area contributed by atoms with Gasteiger partial charge in [0.15, 0.2) is 4.73 Å². The van der Waals surface area contributed by atoms with E-state index in [0.29, 0.717) is 35.0 Å². The van der Waals surface area contributed by atoms with Crippen LogP contribution in [0.3, 0.4) is 0 Å². The molecule has 2 heterocycles. The highest BCUT2D eigenvalue weighted by molar-refractivity contribution is 9.10. The molecule has 4 aliphatic rings. The summed E-state index contributed by atoms with van der Waals surface area (Å²) in [6, 6.07) is -0.0921. The highest BCUT2D eigenvalue weighted by Crippen LogP contribution is 2.73. The van der Waals surface area contributed by atoms with Gasteiger partial charge in [-0.05, 0) is 127 Å². The van der Waals surface area contributed by atoms with Gasteiger partial charge in [0.1, 0.15) is 6.33 Å². The highest BCUT2D eigenvalue weighted by atomic mass is 79.9. The van der Waals surface area contributed by atoms with Crippen molar-refractivity contribution < 1.29 is 19.4 Å². The van der Waals surface area contributed by atoms with Gasteiger partial charge in [0.05, 0.1) is 30.8 Å². The van der Waals surface area contributed by atoms with E-state index in [1.807, 2.05) is 4.68 Å². The Labute approximate surface area is 305 Å². The monoisotopic (exact) mass is 746 g/mol. The van der Waals surface area contributed by atoms with E-state index < -0.39 is 17.4 Å². The number of hydrogen-bond acceptors (Lipinski definition) is 6. The van der Waals surface area contributed by atoms with Crippen molar-refractivity contribution in [3.63, 3.8) is 0 Å². The molecule has 5 rings (SSSR count). The minimum absolute atomic E-state index is 0.0103. The maximum absolute atomic E-state index is 13.5. The second-order valence-electron chi connectivity index (χ2n) is 18.3. The summed E-state index contributed by atoms with van der Waals surface area (Å²) < 4.78 is 16.2. The van der Waals surface area contributed by atoms with Gasteiger partial charge in [0, 0.05) is 17.6 Å². The molecule has 8 nitrogen and oxygen atoms in total. The third kappa shape index (κ3) is 6.20. The van der Waals surface area contributed by atoms with Crippen LogP contribution in [0.4, 0.5) is 0 Å². The van der Waals surface area contributed by atoms with E-state index in [0.717, 1.165) is 58.0 Å². The van der Waals surface area contributed by atoms with Crippen molar-refractivity contribution in [2.24, 2.45) is 62.9 Å². The summed E-state index contributed by atoms with van der Waals surface area (Å²) in [7, 11) is 0. The molecule has 1 aromatic heterocycles. The SMILES string of the molecule is CC[C@@H](OC[C@](C)(N)C(C)C)[C@@H](C[C@]12C3=CC[C@@]4(C)[C@H](C(=O)O)[C@@](C)([C@H](C)C(C)C)CC[C@]4(C)[C@H]3CC[C@H]1CCO[C@H]2C)n1ncnc1Br. The molecule has 0 aromatic carbocycles. The summed E-state index contributed by atoms with van der Waals surface area (Å²) >= 11 is 3.73. The largest absolute Gasteiger partial charge is 0.481 e. The Morgan fingerprint density at radius 2 is 1.86 bits per heavy atom. The molecule has 3 aliphatic carbocycles. The number of aromatic nitrogens is 3. The van der Waals surface area contributed by atoms with E-state index >= 15 is 0 Å². The summed E-state index contributed by atoms with van der Waals surface area (Å²) in [5.41, 5.74) is 6.81. The van der Waals surface area contributed by atoms with Crippen molar-refractivity contribution in [2.75, 3.05) is 13.2 Å². The number of nitrogens with zero attached hydrogens (tertiary/aromatic N) is 3. The minimum atomic E-state index is -0.620. The van der Waals surface area contributed by atoms with E-state index in [-0.39, 0.29) is 45.8 Å². The first kappa shape index (κ1) is 38.9. The van der Waals surface area contributed by atoms with Crippen LogP contribution in [0.5, 0.6) is 0 Å². The van der Waals surface area contributed by atoms with E-state index in [1.165, 1.54) is 5.57 Å². The van der Waals surface area contributed by atoms with Gasteiger partial charge in [-0.25, -0.2) is 9.67 Å². The number of carboxylic acid groups (broad SMARTS) is 1. The number of halogens is 1. The molecule has 278 valence electrons. The zero-order chi connectivity index (χ0) is 36.3. The lowest BCUT2D eigenvalue weighted by Gasteiger charge is -2.69. The molecule has 3 N–H and O–H groups in total. The smallest absolute Gasteiger partial charge is 0.307 e. The average Bonchev–Trinajstić information content (AvgIpc) is 3.46. The first-order valence-electron chi connectivity index (χ1n) is 19.3. The fourth-order valence-electron chi connectivity index (χ4n) is 11.5. The first-order valence-corrected chi connectivity index (χ1v) is 20.1. The summed E-state index contributed by atoms with van der Waals surface area (Å²) in [6.45, 7) is 26.0. The van der Waals surface area contributed by atoms with Crippen molar-refractivity contribution in [1.82, 2.24) is 14.8 Å². The minimum Gasteiger partial charge on any atom is -0.481 e. The lowest BCUT2D eigenvalue weighted by atomic mass is 9.35. The standard InChI is InChI=1S/C40H67BrN4O4/c1-12-32(49-22-39(11,42)25(4)5)31(45-35(41)43-23-44-45)21-40-27(7)48-20-16-28(40)13-14-29-30(40)15-17-38(10)33(34(46)47)36(8,26(6)24(2)3)18-19-37(29,38)9/h15,23-29,31-33H,12-14,16-22,42H2,1-11H3,(H,46,47)/t26-,27+,28+,29+,31-,32-,33-,36-,37-,38+,39+,40-/m1/s1. The van der Waals surface area contributed by atoms with Gasteiger partial charge in [-0.1, -0.05) is 74.0 Å². The lowest BCUT2D eigenvalue weighted by molar-refractivity contribution is -0.201. The summed E-state index contributed by atoms with van der Waals surface area (Å²) in [4.78, 5) is 18.0. The third-order valence-corrected chi connectivity index (χ3v) is 16.3. The predicted molar refractivity (Wildman–Crippen MR) is 199 cm³/mol. The van der Waals surface area contributed by atoms with Crippen LogP contribution in [0.25, 0.3) is 0 Å². The van der Waals surface area contributed by atoms with Crippen molar-refractivity contribution in [2.45, 2.75) is 151 Å². The number of hydrogen-bond donors (Lipinski definition) is 2. The number of carboxylic acids is 1. The third-order valence-electron chi connectivity index (χ3n) is 15.7. The molecule has 9 heteroatoms. The molecule has 1 aromatic rings. The molecule has 1 aliphatic heterocycles. The molecule has 0 spiro atoms. The number of carbonyl (C=O) groups is 1. The maximum Gasteiger partial charge on any atom is 0.307 e. The van der Waals surface area contributed by atoms with Gasteiger partial charge in [0.25, 0.3) is 0 Å². The Morgan fingerprint density at radius 1 is 1.16 bits per heavy atom. The molecular weight excluding hydrogens is 680 g/mol. The van der Waals surface area contributed by atoms with Crippen molar-refractivity contribution in [3.8, 4) is 0 Å². The molecule has 1 saturated heterocycles. The number of rotatable bonds is 12. The molecule has 0 amide bonds. The van der Waals surface area contributed by atoms with Crippen LogP contribution in [-0.2, 0) is 14.3 Å². The van der Waals surface area contributed by atoms with Crippen molar-refractivity contribution in [1.29, 1.82) is 0 Å². The number of ether oxygens (including phenoxy) is 2. The summed E-state index contributed by atoms with van der Waals surface area (Å²) in [5.74, 6) is 0.738. The fraction of sp³-hybridized carbons (Fsp3) is 0.875. The van der Waals surface area contributed by atoms with Crippen LogP contribution < -0.4 is 5.73 Å². The molecule has 49 heavy (non-hydrogen) atoms. The van der Waals surface area contributed by atoms with Crippen LogP contribution in [0.1, 0.15) is 134 Å². The zero-order valence-corrected chi connectivity index (χ0v) is 34.0. The van der Waals surface area contributed by atoms with Crippen LogP contribution in [0.15, 0.2) is 22.7 Å². The number of aliphatic carboxylic acids is 1. The topological polar surface area (TPSA) is 112 Å². The Balaban J connectivity index is 1.63. The average molecular weight is 748 g/mol. The quantitative estimate of drug-likeness (QED) is 0.205. The van der Waals surface area contributed by atoms with E-state index in [2.05, 4.69) is 103 Å².